The summed E-state index contributed by atoms with van der Waals surface area (Å²) in [6, 6.07) is 5.73. The zero-order valence-electron chi connectivity index (χ0n) is 14.0. The van der Waals surface area contributed by atoms with Gasteiger partial charge in [0, 0.05) is 23.4 Å². The van der Waals surface area contributed by atoms with Gasteiger partial charge in [0.1, 0.15) is 0 Å². The van der Waals surface area contributed by atoms with Crippen LogP contribution in [0, 0.1) is 12.8 Å². The number of nitrogens with one attached hydrogen (secondary N) is 1. The van der Waals surface area contributed by atoms with Crippen molar-refractivity contribution >= 4 is 33.4 Å². The summed E-state index contributed by atoms with van der Waals surface area (Å²) in [6.45, 7) is 4.49. The highest BCUT2D eigenvalue weighted by molar-refractivity contribution is 7.99. The van der Waals surface area contributed by atoms with E-state index in [9.17, 15) is 8.42 Å². The first-order chi connectivity index (χ1) is 11.5. The second kappa shape index (κ2) is 7.96. The number of benzene rings is 1. The van der Waals surface area contributed by atoms with Crippen molar-refractivity contribution in [2.75, 3.05) is 31.1 Å². The van der Waals surface area contributed by atoms with E-state index in [4.69, 9.17) is 11.6 Å². The first-order valence-corrected chi connectivity index (χ1v) is 11.5. The van der Waals surface area contributed by atoms with E-state index < -0.39 is 10.0 Å². The van der Waals surface area contributed by atoms with Crippen molar-refractivity contribution in [1.82, 2.24) is 9.62 Å². The number of hydrogen-bond acceptors (Lipinski definition) is 4. The predicted molar refractivity (Wildman–Crippen MR) is 101 cm³/mol. The van der Waals surface area contributed by atoms with Gasteiger partial charge < -0.3 is 0 Å². The maximum Gasteiger partial charge on any atom is 0.240 e. The van der Waals surface area contributed by atoms with Crippen LogP contribution in [0.1, 0.15) is 24.8 Å². The Morgan fingerprint density at radius 2 is 2.04 bits per heavy atom. The van der Waals surface area contributed by atoms with E-state index >= 15 is 0 Å². The average molecular weight is 389 g/mol. The predicted octanol–water partition coefficient (Wildman–Crippen LogP) is 3.14. The fraction of sp³-hybridized carbons (Fsp3) is 0.647. The quantitative estimate of drug-likeness (QED) is 0.841. The summed E-state index contributed by atoms with van der Waals surface area (Å²) >= 11 is 8.00. The molecule has 0 bridgehead atoms. The standard InChI is InChI=1S/C17H25ClN2O2S2/c1-13-2-3-15(18)10-17(13)24(21,22)19-11-14-4-7-20(8-5-14)16-6-9-23-12-16/h2-3,10,14,16,19H,4-9,11-12H2,1H3. The Balaban J connectivity index is 1.53. The van der Waals surface area contributed by atoms with Crippen LogP contribution in [0.15, 0.2) is 23.1 Å². The molecule has 24 heavy (non-hydrogen) atoms. The third-order valence-corrected chi connectivity index (χ3v) is 8.02. The SMILES string of the molecule is Cc1ccc(Cl)cc1S(=O)(=O)NCC1CCN(C2CCSC2)CC1. The molecule has 1 N–H and O–H groups in total. The van der Waals surface area contributed by atoms with Gasteiger partial charge in [0.15, 0.2) is 0 Å². The van der Waals surface area contributed by atoms with Gasteiger partial charge in [0.05, 0.1) is 4.90 Å². The second-order valence-electron chi connectivity index (χ2n) is 6.76. The maximum absolute atomic E-state index is 12.5. The van der Waals surface area contributed by atoms with Crippen LogP contribution >= 0.6 is 23.4 Å². The first kappa shape index (κ1) is 18.5. The molecule has 1 aromatic carbocycles. The lowest BCUT2D eigenvalue weighted by molar-refractivity contribution is 0.145. The third-order valence-electron chi connectivity index (χ3n) is 5.07. The lowest BCUT2D eigenvalue weighted by atomic mass is 9.96. The van der Waals surface area contributed by atoms with Crippen LogP contribution in [-0.4, -0.2) is 50.5 Å². The minimum Gasteiger partial charge on any atom is -0.300 e. The Bertz CT molecular complexity index is 667. The van der Waals surface area contributed by atoms with Gasteiger partial charge in [0.2, 0.25) is 10.0 Å². The van der Waals surface area contributed by atoms with Crippen LogP contribution in [0.3, 0.4) is 0 Å². The van der Waals surface area contributed by atoms with Crippen molar-refractivity contribution in [3.05, 3.63) is 28.8 Å². The van der Waals surface area contributed by atoms with Crippen molar-refractivity contribution < 1.29 is 8.42 Å². The smallest absolute Gasteiger partial charge is 0.240 e. The van der Waals surface area contributed by atoms with Gasteiger partial charge in [-0.2, -0.15) is 11.8 Å². The van der Waals surface area contributed by atoms with Crippen LogP contribution in [0.5, 0.6) is 0 Å². The minimum atomic E-state index is -3.49. The van der Waals surface area contributed by atoms with E-state index in [1.165, 1.54) is 24.0 Å². The fourth-order valence-electron chi connectivity index (χ4n) is 3.50. The topological polar surface area (TPSA) is 49.4 Å². The van der Waals surface area contributed by atoms with E-state index in [0.29, 0.717) is 17.5 Å². The van der Waals surface area contributed by atoms with Crippen molar-refractivity contribution in [1.29, 1.82) is 0 Å². The Kier molecular flexibility index (Phi) is 6.14. The molecule has 2 aliphatic rings. The highest BCUT2D eigenvalue weighted by Gasteiger charge is 2.28. The van der Waals surface area contributed by atoms with Crippen LogP contribution in [-0.2, 0) is 10.0 Å². The molecule has 0 aliphatic carbocycles. The molecule has 1 unspecified atom stereocenters. The Morgan fingerprint density at radius 3 is 2.71 bits per heavy atom. The summed E-state index contributed by atoms with van der Waals surface area (Å²) in [4.78, 5) is 2.88. The Hall–Kier alpha value is -0.270. The molecule has 2 fully saturated rings. The number of rotatable bonds is 5. The summed E-state index contributed by atoms with van der Waals surface area (Å²) in [5.41, 5.74) is 0.723. The zero-order chi connectivity index (χ0) is 17.2. The van der Waals surface area contributed by atoms with Gasteiger partial charge >= 0.3 is 0 Å². The zero-order valence-corrected chi connectivity index (χ0v) is 16.4. The monoisotopic (exact) mass is 388 g/mol. The summed E-state index contributed by atoms with van der Waals surface area (Å²) < 4.78 is 27.9. The number of sulfonamides is 1. The largest absolute Gasteiger partial charge is 0.300 e. The third kappa shape index (κ3) is 4.47. The highest BCUT2D eigenvalue weighted by Crippen LogP contribution is 2.27. The minimum absolute atomic E-state index is 0.287. The fourth-order valence-corrected chi connectivity index (χ4v) is 6.38. The molecule has 7 heteroatoms. The van der Waals surface area contributed by atoms with Gasteiger partial charge in [-0.25, -0.2) is 13.1 Å². The second-order valence-corrected chi connectivity index (χ2v) is 10.1. The van der Waals surface area contributed by atoms with Crippen molar-refractivity contribution in [2.45, 2.75) is 37.1 Å². The van der Waals surface area contributed by atoms with Gasteiger partial charge in [-0.1, -0.05) is 17.7 Å². The van der Waals surface area contributed by atoms with E-state index in [1.807, 2.05) is 11.8 Å². The van der Waals surface area contributed by atoms with E-state index in [-0.39, 0.29) is 4.90 Å². The maximum atomic E-state index is 12.5. The summed E-state index contributed by atoms with van der Waals surface area (Å²) in [5, 5.41) is 0.448. The van der Waals surface area contributed by atoms with E-state index in [2.05, 4.69) is 9.62 Å². The van der Waals surface area contributed by atoms with Crippen LogP contribution in [0.25, 0.3) is 0 Å². The number of piperidine rings is 1. The molecule has 2 heterocycles. The molecule has 2 saturated heterocycles. The molecule has 0 aromatic heterocycles. The number of hydrogen-bond donors (Lipinski definition) is 1. The normalized spacial score (nSPS) is 23.7. The first-order valence-electron chi connectivity index (χ1n) is 8.53. The number of likely N-dealkylation sites (tertiary alicyclic amines) is 1. The van der Waals surface area contributed by atoms with Crippen LogP contribution < -0.4 is 4.72 Å². The van der Waals surface area contributed by atoms with E-state index in [0.717, 1.165) is 37.5 Å². The van der Waals surface area contributed by atoms with Gasteiger partial charge in [-0.15, -0.1) is 0 Å². The number of aryl methyl sites for hydroxylation is 1. The van der Waals surface area contributed by atoms with E-state index in [1.54, 1.807) is 19.1 Å². The van der Waals surface area contributed by atoms with Gasteiger partial charge in [-0.05, 0) is 68.6 Å². The Labute approximate surface area is 154 Å². The lowest BCUT2D eigenvalue weighted by Gasteiger charge is -2.35. The molecular formula is C17H25ClN2O2S2. The average Bonchev–Trinajstić information content (AvgIpc) is 3.10. The summed E-state index contributed by atoms with van der Waals surface area (Å²) in [6.07, 6.45) is 3.44. The summed E-state index contributed by atoms with van der Waals surface area (Å²) in [5.74, 6) is 2.96. The van der Waals surface area contributed by atoms with Gasteiger partial charge in [-0.3, -0.25) is 4.90 Å². The molecule has 1 aromatic rings. The van der Waals surface area contributed by atoms with Crippen LogP contribution in [0.4, 0.5) is 0 Å². The van der Waals surface area contributed by atoms with Crippen molar-refractivity contribution in [2.24, 2.45) is 5.92 Å². The number of halogens is 1. The Morgan fingerprint density at radius 1 is 1.29 bits per heavy atom. The van der Waals surface area contributed by atoms with Crippen LogP contribution in [0.2, 0.25) is 5.02 Å². The van der Waals surface area contributed by atoms with Crippen molar-refractivity contribution in [3.8, 4) is 0 Å². The molecule has 3 rings (SSSR count). The molecule has 0 radical (unpaired) electrons. The molecule has 0 spiro atoms. The van der Waals surface area contributed by atoms with Gasteiger partial charge in [0.25, 0.3) is 0 Å². The highest BCUT2D eigenvalue weighted by atomic mass is 35.5. The molecule has 4 nitrogen and oxygen atoms in total. The molecular weight excluding hydrogens is 364 g/mol. The number of thioether (sulfide) groups is 1. The van der Waals surface area contributed by atoms with Crippen molar-refractivity contribution in [3.63, 3.8) is 0 Å². The molecule has 0 amide bonds. The lowest BCUT2D eigenvalue weighted by Crippen LogP contribution is -2.43. The molecule has 1 atom stereocenters. The number of nitrogens with zero attached hydrogens (tertiary/aromatic N) is 1. The molecule has 0 saturated carbocycles. The molecule has 134 valence electrons. The summed E-state index contributed by atoms with van der Waals surface area (Å²) in [7, 11) is -3.49. The molecule has 2 aliphatic heterocycles.